The van der Waals surface area contributed by atoms with Gasteiger partial charge in [0.25, 0.3) is 0 Å². The second-order valence-electron chi connectivity index (χ2n) is 5.18. The summed E-state index contributed by atoms with van der Waals surface area (Å²) in [6.07, 6.45) is 5.59. The van der Waals surface area contributed by atoms with Gasteiger partial charge in [0, 0.05) is 35.3 Å². The monoisotopic (exact) mass is 302 g/mol. The second kappa shape index (κ2) is 9.45. The molecule has 0 radical (unpaired) electrons. The summed E-state index contributed by atoms with van der Waals surface area (Å²) in [6, 6.07) is 0. The highest BCUT2D eigenvalue weighted by atomic mass is 32.2. The largest absolute Gasteiger partial charge is 0.389 e. The molecule has 116 valence electrons. The number of aliphatic hydroxyl groups is 1. The summed E-state index contributed by atoms with van der Waals surface area (Å²) in [5, 5.41) is 10.3. The molecule has 4 atom stereocenters. The van der Waals surface area contributed by atoms with Crippen LogP contribution in [0, 0.1) is 5.92 Å². The Morgan fingerprint density at radius 2 is 2.20 bits per heavy atom. The van der Waals surface area contributed by atoms with E-state index in [2.05, 4.69) is 0 Å². The highest BCUT2D eigenvalue weighted by Crippen LogP contribution is 2.15. The third-order valence-electron chi connectivity index (χ3n) is 3.32. The van der Waals surface area contributed by atoms with Crippen molar-refractivity contribution >= 4 is 10.8 Å². The molecule has 0 fully saturated rings. The van der Waals surface area contributed by atoms with Crippen LogP contribution in [0.15, 0.2) is 23.8 Å². The first-order chi connectivity index (χ1) is 9.54. The van der Waals surface area contributed by atoms with Gasteiger partial charge in [0.05, 0.1) is 19.3 Å². The summed E-state index contributed by atoms with van der Waals surface area (Å²) in [7, 11) is 0.739. The third kappa shape index (κ3) is 6.31. The predicted octanol–water partition coefficient (Wildman–Crippen LogP) is 1.67. The average Bonchev–Trinajstić information content (AvgIpc) is 2.42. The molecule has 1 unspecified atom stereocenters. The van der Waals surface area contributed by atoms with Crippen LogP contribution in [0.5, 0.6) is 0 Å². The lowest BCUT2D eigenvalue weighted by atomic mass is 9.97. The Balaban J connectivity index is 2.78. The molecule has 0 aromatic heterocycles. The van der Waals surface area contributed by atoms with E-state index >= 15 is 0 Å². The van der Waals surface area contributed by atoms with Crippen LogP contribution < -0.4 is 0 Å². The molecule has 20 heavy (non-hydrogen) atoms. The fraction of sp³-hybridized carbons (Fsp3) is 0.733. The zero-order chi connectivity index (χ0) is 15.0. The lowest BCUT2D eigenvalue weighted by Crippen LogP contribution is -2.31. The molecule has 0 amide bonds. The first-order valence-electron chi connectivity index (χ1n) is 7.02. The predicted molar refractivity (Wildman–Crippen MR) is 82.2 cm³/mol. The van der Waals surface area contributed by atoms with Gasteiger partial charge in [-0.2, -0.15) is 0 Å². The van der Waals surface area contributed by atoms with Gasteiger partial charge >= 0.3 is 0 Å². The van der Waals surface area contributed by atoms with E-state index in [1.54, 1.807) is 7.11 Å². The van der Waals surface area contributed by atoms with E-state index in [4.69, 9.17) is 9.47 Å². The van der Waals surface area contributed by atoms with Crippen LogP contribution in [-0.4, -0.2) is 53.4 Å². The number of ether oxygens (including phenoxy) is 2. The molecule has 0 bridgehead atoms. The van der Waals surface area contributed by atoms with Crippen molar-refractivity contribution in [1.82, 2.24) is 0 Å². The van der Waals surface area contributed by atoms with Gasteiger partial charge in [-0.25, -0.2) is 0 Å². The second-order valence-corrected chi connectivity index (χ2v) is 6.88. The smallest absolute Gasteiger partial charge is 0.102 e. The summed E-state index contributed by atoms with van der Waals surface area (Å²) in [5.74, 6) is 1.19. The quantitative estimate of drug-likeness (QED) is 0.749. The number of methoxy groups -OCH3 is 1. The van der Waals surface area contributed by atoms with E-state index in [0.29, 0.717) is 24.7 Å². The molecule has 4 nitrogen and oxygen atoms in total. The van der Waals surface area contributed by atoms with Crippen molar-refractivity contribution in [3.63, 3.8) is 0 Å². The Bertz CT molecular complexity index is 365. The Morgan fingerprint density at radius 1 is 1.45 bits per heavy atom. The van der Waals surface area contributed by atoms with E-state index in [1.165, 1.54) is 0 Å². The summed E-state index contributed by atoms with van der Waals surface area (Å²) in [6.45, 7) is 4.97. The van der Waals surface area contributed by atoms with E-state index in [1.807, 2.05) is 32.1 Å². The molecule has 0 aromatic rings. The topological polar surface area (TPSA) is 55.8 Å². The number of hydrogen-bond acceptors (Lipinski definition) is 4. The lowest BCUT2D eigenvalue weighted by Gasteiger charge is -2.23. The van der Waals surface area contributed by atoms with Crippen molar-refractivity contribution in [2.24, 2.45) is 5.92 Å². The zero-order valence-corrected chi connectivity index (χ0v) is 13.4. The van der Waals surface area contributed by atoms with Crippen LogP contribution in [0.1, 0.15) is 20.3 Å². The minimum atomic E-state index is -0.850. The number of aliphatic hydroxyl groups excluding tert-OH is 1. The fourth-order valence-electron chi connectivity index (χ4n) is 2.14. The Kier molecular flexibility index (Phi) is 8.30. The molecule has 1 N–H and O–H groups in total. The van der Waals surface area contributed by atoms with Crippen LogP contribution >= 0.6 is 0 Å². The van der Waals surface area contributed by atoms with Crippen molar-refractivity contribution in [2.45, 2.75) is 32.5 Å². The highest BCUT2D eigenvalue weighted by molar-refractivity contribution is 7.84. The lowest BCUT2D eigenvalue weighted by molar-refractivity contribution is -0.00198. The number of rotatable bonds is 1. The van der Waals surface area contributed by atoms with Crippen molar-refractivity contribution in [1.29, 1.82) is 0 Å². The molecular formula is C15H26O4S. The number of allylic oxidation sites excluding steroid dienone is 1. The summed E-state index contributed by atoms with van der Waals surface area (Å²) in [4.78, 5) is 0. The van der Waals surface area contributed by atoms with E-state index in [-0.39, 0.29) is 12.0 Å². The van der Waals surface area contributed by atoms with Crippen LogP contribution in [0.4, 0.5) is 0 Å². The van der Waals surface area contributed by atoms with E-state index in [9.17, 15) is 9.32 Å². The molecule has 1 aliphatic rings. The maximum absolute atomic E-state index is 11.7. The van der Waals surface area contributed by atoms with Crippen LogP contribution in [0.2, 0.25) is 0 Å². The molecule has 1 aliphatic heterocycles. The van der Waals surface area contributed by atoms with Gasteiger partial charge in [0.1, 0.15) is 6.10 Å². The van der Waals surface area contributed by atoms with Crippen LogP contribution in [0.25, 0.3) is 0 Å². The van der Waals surface area contributed by atoms with Crippen LogP contribution in [-0.2, 0) is 20.3 Å². The van der Waals surface area contributed by atoms with Crippen molar-refractivity contribution < 1.29 is 18.8 Å². The maximum atomic E-state index is 11.7. The molecular weight excluding hydrogens is 276 g/mol. The minimum absolute atomic E-state index is 0.00901. The standard InChI is InChI=1S/C15H26O4S/c1-12-10-13(2)15(16)14(18-3)6-4-5-8-20(17)9-7-19-11-12/h4,6,10,13-16H,5,7-9,11H2,1-3H3/b6-4+,12-10-/t13-,14+,15+,20?/m1/s1. The van der Waals surface area contributed by atoms with Crippen molar-refractivity contribution in [3.8, 4) is 0 Å². The minimum Gasteiger partial charge on any atom is -0.389 e. The summed E-state index contributed by atoms with van der Waals surface area (Å²) < 4.78 is 22.5. The molecule has 0 saturated heterocycles. The Hall–Kier alpha value is -0.490. The van der Waals surface area contributed by atoms with Gasteiger partial charge in [-0.1, -0.05) is 30.7 Å². The van der Waals surface area contributed by atoms with Gasteiger partial charge < -0.3 is 14.6 Å². The maximum Gasteiger partial charge on any atom is 0.102 e. The van der Waals surface area contributed by atoms with E-state index in [0.717, 1.165) is 12.0 Å². The first kappa shape index (κ1) is 17.6. The molecule has 1 rings (SSSR count). The molecule has 0 saturated carbocycles. The van der Waals surface area contributed by atoms with Gasteiger partial charge in [-0.15, -0.1) is 0 Å². The third-order valence-corrected chi connectivity index (χ3v) is 4.63. The number of hydrogen-bond donors (Lipinski definition) is 1. The highest BCUT2D eigenvalue weighted by Gasteiger charge is 2.21. The Morgan fingerprint density at radius 3 is 2.90 bits per heavy atom. The SMILES string of the molecule is CO[C@H]1/C=C/CCS(=O)CCOC/C(C)=C\[C@@H](C)[C@@H]1O. The Labute approximate surface area is 124 Å². The normalized spacial score (nSPS) is 38.5. The van der Waals surface area contributed by atoms with Gasteiger partial charge in [-0.3, -0.25) is 4.21 Å². The fourth-order valence-corrected chi connectivity index (χ4v) is 3.05. The van der Waals surface area contributed by atoms with Gasteiger partial charge in [-0.05, 0) is 13.3 Å². The molecule has 0 aliphatic carbocycles. The van der Waals surface area contributed by atoms with Gasteiger partial charge in [0.15, 0.2) is 0 Å². The first-order valence-corrected chi connectivity index (χ1v) is 8.51. The molecule has 0 spiro atoms. The summed E-state index contributed by atoms with van der Waals surface area (Å²) >= 11 is 0. The van der Waals surface area contributed by atoms with Crippen molar-refractivity contribution in [2.75, 3.05) is 31.8 Å². The van der Waals surface area contributed by atoms with Gasteiger partial charge in [0.2, 0.25) is 0 Å². The average molecular weight is 302 g/mol. The zero-order valence-electron chi connectivity index (χ0n) is 12.6. The van der Waals surface area contributed by atoms with E-state index < -0.39 is 16.9 Å². The molecule has 1 heterocycles. The molecule has 5 heteroatoms. The van der Waals surface area contributed by atoms with Crippen LogP contribution in [0.3, 0.4) is 0 Å². The summed E-state index contributed by atoms with van der Waals surface area (Å²) in [5.41, 5.74) is 1.07. The molecule has 0 aromatic carbocycles. The van der Waals surface area contributed by atoms with Crippen molar-refractivity contribution in [3.05, 3.63) is 23.8 Å².